The van der Waals surface area contributed by atoms with E-state index in [9.17, 15) is 12.8 Å². The number of amidine groups is 1. The maximum Gasteiger partial charge on any atom is 0.241 e. The van der Waals surface area contributed by atoms with Gasteiger partial charge in [-0.25, -0.2) is 17.5 Å². The Kier molecular flexibility index (Phi) is 4.48. The van der Waals surface area contributed by atoms with Crippen LogP contribution in [0.2, 0.25) is 0 Å². The molecule has 6 nitrogen and oxygen atoms in total. The van der Waals surface area contributed by atoms with E-state index < -0.39 is 21.9 Å². The van der Waals surface area contributed by atoms with Gasteiger partial charge in [-0.15, -0.1) is 0 Å². The van der Waals surface area contributed by atoms with Crippen molar-refractivity contribution in [1.29, 1.82) is 0 Å². The SMILES string of the molecule is Cc1cc(F)cc(C)c1S(=O)(=O)NC(C)C(N)=NO. The highest BCUT2D eigenvalue weighted by Gasteiger charge is 2.23. The lowest BCUT2D eigenvalue weighted by molar-refractivity contribution is 0.316. The molecule has 1 unspecified atom stereocenters. The summed E-state index contributed by atoms with van der Waals surface area (Å²) in [6.07, 6.45) is 0. The third-order valence-corrected chi connectivity index (χ3v) is 4.43. The molecule has 1 aromatic rings. The quantitative estimate of drug-likeness (QED) is 0.331. The maximum absolute atomic E-state index is 13.2. The first-order chi connectivity index (χ1) is 8.69. The molecule has 19 heavy (non-hydrogen) atoms. The lowest BCUT2D eigenvalue weighted by Gasteiger charge is -2.16. The Hall–Kier alpha value is -1.67. The molecule has 0 saturated carbocycles. The summed E-state index contributed by atoms with van der Waals surface area (Å²) in [4.78, 5) is -0.00788. The van der Waals surface area contributed by atoms with Crippen molar-refractivity contribution in [2.75, 3.05) is 0 Å². The predicted octanol–water partition coefficient (Wildman–Crippen LogP) is 0.856. The Morgan fingerprint density at radius 2 is 1.89 bits per heavy atom. The molecule has 4 N–H and O–H groups in total. The standard InChI is InChI=1S/C11H16FN3O3S/c1-6-4-9(12)5-7(2)10(6)19(17,18)15-8(3)11(13)14-16/h4-5,8,15-16H,1-3H3,(H2,13,14). The Morgan fingerprint density at radius 3 is 2.32 bits per heavy atom. The van der Waals surface area contributed by atoms with Crippen LogP contribution in [0.3, 0.4) is 0 Å². The zero-order valence-corrected chi connectivity index (χ0v) is 11.6. The van der Waals surface area contributed by atoms with E-state index in [0.29, 0.717) is 0 Å². The van der Waals surface area contributed by atoms with Gasteiger partial charge in [0.05, 0.1) is 10.9 Å². The minimum atomic E-state index is -3.88. The van der Waals surface area contributed by atoms with Crippen molar-refractivity contribution in [2.24, 2.45) is 10.9 Å². The van der Waals surface area contributed by atoms with E-state index in [0.717, 1.165) is 12.1 Å². The average Bonchev–Trinajstić information content (AvgIpc) is 2.24. The number of hydrogen-bond donors (Lipinski definition) is 3. The molecule has 106 valence electrons. The molecule has 0 bridgehead atoms. The Labute approximate surface area is 111 Å². The molecule has 0 aliphatic carbocycles. The molecule has 0 aliphatic rings. The zero-order chi connectivity index (χ0) is 14.8. The Balaban J connectivity index is 3.22. The van der Waals surface area contributed by atoms with Crippen molar-refractivity contribution in [1.82, 2.24) is 4.72 Å². The van der Waals surface area contributed by atoms with Gasteiger partial charge in [-0.1, -0.05) is 5.16 Å². The van der Waals surface area contributed by atoms with Crippen LogP contribution in [0.5, 0.6) is 0 Å². The fraction of sp³-hybridized carbons (Fsp3) is 0.364. The maximum atomic E-state index is 13.2. The second kappa shape index (κ2) is 5.54. The van der Waals surface area contributed by atoms with Crippen LogP contribution in [-0.2, 0) is 10.0 Å². The average molecular weight is 289 g/mol. The first-order valence-corrected chi connectivity index (χ1v) is 6.94. The Morgan fingerprint density at radius 1 is 1.42 bits per heavy atom. The molecule has 0 aliphatic heterocycles. The molecule has 0 fully saturated rings. The minimum absolute atomic E-state index is 0.00788. The molecule has 0 amide bonds. The van der Waals surface area contributed by atoms with Crippen LogP contribution < -0.4 is 10.5 Å². The summed E-state index contributed by atoms with van der Waals surface area (Å²) in [5.74, 6) is -0.764. The lowest BCUT2D eigenvalue weighted by Crippen LogP contribution is -2.42. The molecular formula is C11H16FN3O3S. The zero-order valence-electron chi connectivity index (χ0n) is 10.8. The second-order valence-corrected chi connectivity index (χ2v) is 5.89. The molecule has 0 heterocycles. The molecule has 0 aromatic heterocycles. The third-order valence-electron chi connectivity index (χ3n) is 2.58. The molecule has 0 radical (unpaired) electrons. The molecule has 1 aromatic carbocycles. The van der Waals surface area contributed by atoms with Crippen molar-refractivity contribution in [2.45, 2.75) is 31.7 Å². The van der Waals surface area contributed by atoms with Gasteiger partial charge >= 0.3 is 0 Å². The number of aryl methyl sites for hydroxylation is 2. The summed E-state index contributed by atoms with van der Waals surface area (Å²) in [5.41, 5.74) is 5.89. The van der Waals surface area contributed by atoms with Crippen molar-refractivity contribution < 1.29 is 18.0 Å². The van der Waals surface area contributed by atoms with Gasteiger partial charge in [0.25, 0.3) is 0 Å². The molecule has 0 saturated heterocycles. The van der Waals surface area contributed by atoms with Crippen molar-refractivity contribution in [3.63, 3.8) is 0 Å². The van der Waals surface area contributed by atoms with Gasteiger partial charge in [0.15, 0.2) is 5.84 Å². The summed E-state index contributed by atoms with van der Waals surface area (Å²) in [6.45, 7) is 4.43. The number of nitrogens with one attached hydrogen (secondary N) is 1. The number of nitrogens with two attached hydrogens (primary N) is 1. The van der Waals surface area contributed by atoms with Gasteiger partial charge in [-0.05, 0) is 44.0 Å². The van der Waals surface area contributed by atoms with E-state index >= 15 is 0 Å². The van der Waals surface area contributed by atoms with Gasteiger partial charge < -0.3 is 10.9 Å². The predicted molar refractivity (Wildman–Crippen MR) is 69.1 cm³/mol. The number of hydrogen-bond acceptors (Lipinski definition) is 4. The summed E-state index contributed by atoms with van der Waals surface area (Å²) in [5, 5.41) is 11.2. The van der Waals surface area contributed by atoms with E-state index in [1.807, 2.05) is 0 Å². The van der Waals surface area contributed by atoms with Crippen LogP contribution in [0.4, 0.5) is 4.39 Å². The summed E-state index contributed by atoms with van der Waals surface area (Å²) in [6, 6.07) is 1.39. The normalized spacial score (nSPS) is 14.4. The first-order valence-electron chi connectivity index (χ1n) is 5.45. The molecule has 0 spiro atoms. The van der Waals surface area contributed by atoms with Crippen LogP contribution in [0.25, 0.3) is 0 Å². The van der Waals surface area contributed by atoms with Gasteiger partial charge in [-0.3, -0.25) is 0 Å². The van der Waals surface area contributed by atoms with E-state index in [4.69, 9.17) is 10.9 Å². The molecule has 8 heteroatoms. The molecular weight excluding hydrogens is 273 g/mol. The first kappa shape index (κ1) is 15.4. The Bertz CT molecular complexity index is 591. The number of halogens is 1. The van der Waals surface area contributed by atoms with Gasteiger partial charge in [-0.2, -0.15) is 0 Å². The van der Waals surface area contributed by atoms with Crippen LogP contribution in [0.15, 0.2) is 22.2 Å². The van der Waals surface area contributed by atoms with E-state index in [2.05, 4.69) is 9.88 Å². The molecule has 1 rings (SSSR count). The highest BCUT2D eigenvalue weighted by Crippen LogP contribution is 2.21. The van der Waals surface area contributed by atoms with E-state index in [-0.39, 0.29) is 21.9 Å². The lowest BCUT2D eigenvalue weighted by atomic mass is 10.1. The fourth-order valence-electron chi connectivity index (χ4n) is 1.76. The topological polar surface area (TPSA) is 105 Å². The summed E-state index contributed by atoms with van der Waals surface area (Å²) >= 11 is 0. The monoisotopic (exact) mass is 289 g/mol. The van der Waals surface area contributed by atoms with Gasteiger partial charge in [0.1, 0.15) is 5.82 Å². The highest BCUT2D eigenvalue weighted by molar-refractivity contribution is 7.89. The van der Waals surface area contributed by atoms with Crippen LogP contribution >= 0.6 is 0 Å². The van der Waals surface area contributed by atoms with Gasteiger partial charge in [0.2, 0.25) is 10.0 Å². The number of benzene rings is 1. The fourth-order valence-corrected chi connectivity index (χ4v) is 3.43. The van der Waals surface area contributed by atoms with Crippen LogP contribution in [0, 0.1) is 19.7 Å². The van der Waals surface area contributed by atoms with Crippen molar-refractivity contribution in [3.05, 3.63) is 29.1 Å². The smallest absolute Gasteiger partial charge is 0.241 e. The second-order valence-electron chi connectivity index (χ2n) is 4.24. The third kappa shape index (κ3) is 3.42. The number of rotatable bonds is 4. The highest BCUT2D eigenvalue weighted by atomic mass is 32.2. The number of nitrogens with zero attached hydrogens (tertiary/aromatic N) is 1. The van der Waals surface area contributed by atoms with Gasteiger partial charge in [0, 0.05) is 0 Å². The van der Waals surface area contributed by atoms with Crippen molar-refractivity contribution >= 4 is 15.9 Å². The van der Waals surface area contributed by atoms with E-state index in [1.54, 1.807) is 0 Å². The molecule has 1 atom stereocenters. The summed E-state index contributed by atoms with van der Waals surface area (Å²) in [7, 11) is -3.88. The van der Waals surface area contributed by atoms with Crippen molar-refractivity contribution in [3.8, 4) is 0 Å². The van der Waals surface area contributed by atoms with Crippen LogP contribution in [0.1, 0.15) is 18.1 Å². The number of oxime groups is 1. The largest absolute Gasteiger partial charge is 0.409 e. The summed E-state index contributed by atoms with van der Waals surface area (Å²) < 4.78 is 39.8. The van der Waals surface area contributed by atoms with E-state index in [1.165, 1.54) is 20.8 Å². The minimum Gasteiger partial charge on any atom is -0.409 e. The number of sulfonamides is 1. The van der Waals surface area contributed by atoms with Crippen LogP contribution in [-0.4, -0.2) is 25.5 Å².